The van der Waals surface area contributed by atoms with E-state index in [-0.39, 0.29) is 11.8 Å². The first-order chi connectivity index (χ1) is 12.0. The fraction of sp³-hybridized carbons (Fsp3) is 0.550. The van der Waals surface area contributed by atoms with Crippen LogP contribution in [0.1, 0.15) is 37.0 Å². The van der Waals surface area contributed by atoms with Crippen LogP contribution in [0.4, 0.5) is 0 Å². The predicted molar refractivity (Wildman–Crippen MR) is 98.1 cm³/mol. The number of carbonyl (C=O) groups excluding carboxylic acids is 1. The Bertz CT molecular complexity index is 710. The highest BCUT2D eigenvalue weighted by molar-refractivity contribution is 5.78. The Hall–Kier alpha value is -2.17. The van der Waals surface area contributed by atoms with E-state index in [1.165, 1.54) is 12.0 Å². The standard InChI is InChI=1S/C20H28N4O/c1-15(13-24-17(3)21-16(2)22-24)20(25)23-11-7-10-19(14-23)12-18-8-5-4-6-9-18/h4-6,8-9,15,19H,7,10-14H2,1-3H3. The average molecular weight is 340 g/mol. The van der Waals surface area contributed by atoms with Crippen LogP contribution in [-0.4, -0.2) is 38.7 Å². The van der Waals surface area contributed by atoms with Crippen LogP contribution in [0.3, 0.4) is 0 Å². The molecule has 5 nitrogen and oxygen atoms in total. The van der Waals surface area contributed by atoms with E-state index >= 15 is 0 Å². The highest BCUT2D eigenvalue weighted by Gasteiger charge is 2.27. The zero-order valence-corrected chi connectivity index (χ0v) is 15.5. The molecule has 0 aliphatic carbocycles. The van der Waals surface area contributed by atoms with Crippen molar-refractivity contribution in [2.45, 2.75) is 46.6 Å². The topological polar surface area (TPSA) is 51.0 Å². The lowest BCUT2D eigenvalue weighted by atomic mass is 9.90. The van der Waals surface area contributed by atoms with E-state index in [4.69, 9.17) is 0 Å². The molecule has 2 atom stereocenters. The maximum absolute atomic E-state index is 12.9. The highest BCUT2D eigenvalue weighted by atomic mass is 16.2. The zero-order chi connectivity index (χ0) is 17.8. The second-order valence-corrected chi connectivity index (χ2v) is 7.27. The van der Waals surface area contributed by atoms with Gasteiger partial charge in [-0.3, -0.25) is 4.79 Å². The molecule has 1 fully saturated rings. The van der Waals surface area contributed by atoms with E-state index in [9.17, 15) is 4.79 Å². The molecule has 0 saturated carbocycles. The quantitative estimate of drug-likeness (QED) is 0.841. The van der Waals surface area contributed by atoms with Crippen molar-refractivity contribution in [3.05, 3.63) is 47.5 Å². The van der Waals surface area contributed by atoms with Crippen LogP contribution in [0.2, 0.25) is 0 Å². The van der Waals surface area contributed by atoms with E-state index in [0.717, 1.165) is 37.6 Å². The largest absolute Gasteiger partial charge is 0.342 e. The fourth-order valence-electron chi connectivity index (χ4n) is 3.76. The van der Waals surface area contributed by atoms with Crippen molar-refractivity contribution in [3.63, 3.8) is 0 Å². The van der Waals surface area contributed by atoms with Crippen LogP contribution in [0.5, 0.6) is 0 Å². The van der Waals surface area contributed by atoms with Crippen LogP contribution < -0.4 is 0 Å². The lowest BCUT2D eigenvalue weighted by Crippen LogP contribution is -2.43. The van der Waals surface area contributed by atoms with E-state index in [1.54, 1.807) is 0 Å². The van der Waals surface area contributed by atoms with Crippen molar-refractivity contribution in [3.8, 4) is 0 Å². The van der Waals surface area contributed by atoms with Gasteiger partial charge in [-0.25, -0.2) is 9.67 Å². The van der Waals surface area contributed by atoms with Crippen LogP contribution >= 0.6 is 0 Å². The summed E-state index contributed by atoms with van der Waals surface area (Å²) in [6.45, 7) is 8.17. The lowest BCUT2D eigenvalue weighted by Gasteiger charge is -2.34. The second-order valence-electron chi connectivity index (χ2n) is 7.27. The summed E-state index contributed by atoms with van der Waals surface area (Å²) in [5.41, 5.74) is 1.36. The average Bonchev–Trinajstić information content (AvgIpc) is 2.92. The van der Waals surface area contributed by atoms with Gasteiger partial charge in [0.1, 0.15) is 11.6 Å². The summed E-state index contributed by atoms with van der Waals surface area (Å²) >= 11 is 0. The maximum atomic E-state index is 12.9. The zero-order valence-electron chi connectivity index (χ0n) is 15.5. The van der Waals surface area contributed by atoms with Gasteiger partial charge >= 0.3 is 0 Å². The van der Waals surface area contributed by atoms with Crippen molar-refractivity contribution in [2.24, 2.45) is 11.8 Å². The number of nitrogens with zero attached hydrogens (tertiary/aromatic N) is 4. The number of piperidine rings is 1. The van der Waals surface area contributed by atoms with Gasteiger partial charge in [-0.15, -0.1) is 0 Å². The molecular formula is C20H28N4O. The minimum atomic E-state index is -0.0738. The van der Waals surface area contributed by atoms with Crippen molar-refractivity contribution < 1.29 is 4.79 Å². The molecule has 25 heavy (non-hydrogen) atoms. The number of benzene rings is 1. The van der Waals surface area contributed by atoms with E-state index in [2.05, 4.69) is 45.3 Å². The van der Waals surface area contributed by atoms with Crippen molar-refractivity contribution in [1.29, 1.82) is 0 Å². The highest BCUT2D eigenvalue weighted by Crippen LogP contribution is 2.22. The molecule has 2 aromatic rings. The third-order valence-electron chi connectivity index (χ3n) is 5.03. The van der Waals surface area contributed by atoms with E-state index in [0.29, 0.717) is 12.5 Å². The van der Waals surface area contributed by atoms with Gasteiger partial charge in [-0.2, -0.15) is 5.10 Å². The fourth-order valence-corrected chi connectivity index (χ4v) is 3.76. The minimum Gasteiger partial charge on any atom is -0.342 e. The lowest BCUT2D eigenvalue weighted by molar-refractivity contribution is -0.137. The van der Waals surface area contributed by atoms with E-state index < -0.39 is 0 Å². The van der Waals surface area contributed by atoms with Crippen LogP contribution in [-0.2, 0) is 17.8 Å². The number of likely N-dealkylation sites (tertiary alicyclic amines) is 1. The van der Waals surface area contributed by atoms with Crippen LogP contribution in [0.15, 0.2) is 30.3 Å². The van der Waals surface area contributed by atoms with E-state index in [1.807, 2.05) is 25.5 Å². The van der Waals surface area contributed by atoms with Gasteiger partial charge in [0.2, 0.25) is 5.91 Å². The Kier molecular flexibility index (Phi) is 5.51. The van der Waals surface area contributed by atoms with Gasteiger partial charge in [0.05, 0.1) is 12.5 Å². The molecule has 5 heteroatoms. The molecule has 1 saturated heterocycles. The van der Waals surface area contributed by atoms with Crippen molar-refractivity contribution in [2.75, 3.05) is 13.1 Å². The monoisotopic (exact) mass is 340 g/mol. The molecule has 1 amide bonds. The number of hydrogen-bond acceptors (Lipinski definition) is 3. The summed E-state index contributed by atoms with van der Waals surface area (Å²) in [4.78, 5) is 19.3. The third kappa shape index (κ3) is 4.47. The SMILES string of the molecule is Cc1nc(C)n(CC(C)C(=O)N2CCCC(Cc3ccccc3)C2)n1. The number of rotatable bonds is 5. The van der Waals surface area contributed by atoms with Gasteiger partial charge < -0.3 is 4.90 Å². The second kappa shape index (κ2) is 7.81. The summed E-state index contributed by atoms with van der Waals surface area (Å²) < 4.78 is 1.85. The molecular weight excluding hydrogens is 312 g/mol. The molecule has 1 aromatic carbocycles. The smallest absolute Gasteiger partial charge is 0.227 e. The molecule has 1 aliphatic heterocycles. The Morgan fingerprint density at radius 2 is 2.04 bits per heavy atom. The molecule has 0 N–H and O–H groups in total. The van der Waals surface area contributed by atoms with Crippen LogP contribution in [0, 0.1) is 25.7 Å². The first-order valence-corrected chi connectivity index (χ1v) is 9.23. The molecule has 134 valence electrons. The molecule has 2 heterocycles. The summed E-state index contributed by atoms with van der Waals surface area (Å²) in [6, 6.07) is 10.6. The number of aryl methyl sites for hydroxylation is 2. The van der Waals surface area contributed by atoms with Crippen molar-refractivity contribution >= 4 is 5.91 Å². The van der Waals surface area contributed by atoms with Gasteiger partial charge in [0, 0.05) is 13.1 Å². The maximum Gasteiger partial charge on any atom is 0.227 e. The summed E-state index contributed by atoms with van der Waals surface area (Å²) in [6.07, 6.45) is 3.35. The number of aromatic nitrogens is 3. The normalized spacial score (nSPS) is 19.0. The Balaban J connectivity index is 1.58. The van der Waals surface area contributed by atoms with Crippen molar-refractivity contribution in [1.82, 2.24) is 19.7 Å². The number of amides is 1. The minimum absolute atomic E-state index is 0.0738. The van der Waals surface area contributed by atoms with Crippen LogP contribution in [0.25, 0.3) is 0 Å². The molecule has 1 aromatic heterocycles. The summed E-state index contributed by atoms with van der Waals surface area (Å²) in [5, 5.41) is 4.38. The molecule has 0 radical (unpaired) electrons. The first kappa shape index (κ1) is 17.6. The van der Waals surface area contributed by atoms with Gasteiger partial charge in [0.15, 0.2) is 0 Å². The molecule has 3 rings (SSSR count). The summed E-state index contributed by atoms with van der Waals surface area (Å²) in [5.74, 6) is 2.36. The Morgan fingerprint density at radius 1 is 1.28 bits per heavy atom. The first-order valence-electron chi connectivity index (χ1n) is 9.23. The number of carbonyl (C=O) groups is 1. The summed E-state index contributed by atoms with van der Waals surface area (Å²) in [7, 11) is 0. The molecule has 1 aliphatic rings. The predicted octanol–water partition coefficient (Wildman–Crippen LogP) is 3.01. The molecule has 0 bridgehead atoms. The third-order valence-corrected chi connectivity index (χ3v) is 5.03. The Morgan fingerprint density at radius 3 is 2.72 bits per heavy atom. The molecule has 2 unspecified atom stereocenters. The molecule has 0 spiro atoms. The van der Waals surface area contributed by atoms with Gasteiger partial charge in [-0.1, -0.05) is 37.3 Å². The number of hydrogen-bond donors (Lipinski definition) is 0. The van der Waals surface area contributed by atoms with Gasteiger partial charge in [-0.05, 0) is 44.6 Å². The van der Waals surface area contributed by atoms with Gasteiger partial charge in [0.25, 0.3) is 0 Å². The Labute approximate surface area is 150 Å².